The zero-order valence-electron chi connectivity index (χ0n) is 14.8. The van der Waals surface area contributed by atoms with Crippen molar-refractivity contribution in [3.05, 3.63) is 73.4 Å². The number of aromatic amines is 1. The number of H-pyrrole nitrogens is 1. The Morgan fingerprint density at radius 1 is 0.893 bits per heavy atom. The molecule has 2 heterocycles. The molecule has 0 bridgehead atoms. The molecule has 2 aromatic carbocycles. The van der Waals surface area contributed by atoms with Gasteiger partial charge in [-0.2, -0.15) is 0 Å². The highest BCUT2D eigenvalue weighted by atomic mass is 16.6. The van der Waals surface area contributed by atoms with Crippen molar-refractivity contribution < 1.29 is 19.4 Å². The Bertz CT molecular complexity index is 1160. The maximum absolute atomic E-state index is 11.2. The maximum atomic E-state index is 11.2. The number of rotatable bonds is 2. The third-order valence-electron chi connectivity index (χ3n) is 4.30. The predicted octanol–water partition coefficient (Wildman–Crippen LogP) is 3.42. The minimum atomic E-state index is -0.745. The van der Waals surface area contributed by atoms with E-state index in [0.717, 1.165) is 17.0 Å². The second kappa shape index (κ2) is 6.91. The maximum Gasteiger partial charge on any atom is 0.296 e. The van der Waals surface area contributed by atoms with Crippen molar-refractivity contribution in [1.82, 2.24) is 4.98 Å². The Morgan fingerprint density at radius 3 is 2.14 bits per heavy atom. The van der Waals surface area contributed by atoms with Crippen LogP contribution in [0.15, 0.2) is 36.5 Å². The minimum Gasteiger partial charge on any atom is -0.361 e. The monoisotopic (exact) mass is 382 g/mol. The lowest BCUT2D eigenvalue weighted by Gasteiger charge is -2.00. The second-order valence-corrected chi connectivity index (χ2v) is 6.19. The van der Waals surface area contributed by atoms with Gasteiger partial charge in [0.05, 0.1) is 21.1 Å². The Balaban J connectivity index is 0.000000162. The fraction of sp³-hybridized carbons (Fsp3) is 0.111. The molecular formula is C18H14N4O6. The molecule has 0 aliphatic carbocycles. The Kier molecular flexibility index (Phi) is 4.62. The first-order valence-corrected chi connectivity index (χ1v) is 8.06. The number of aromatic nitrogens is 1. The molecule has 1 aliphatic heterocycles. The van der Waals surface area contributed by atoms with Gasteiger partial charge < -0.3 is 10.3 Å². The molecule has 1 aromatic heterocycles. The number of benzene rings is 2. The second-order valence-electron chi connectivity index (χ2n) is 6.19. The van der Waals surface area contributed by atoms with Crippen LogP contribution in [0.1, 0.15) is 21.5 Å². The predicted molar refractivity (Wildman–Crippen MR) is 100 cm³/mol. The fourth-order valence-electron chi connectivity index (χ4n) is 2.88. The zero-order valence-corrected chi connectivity index (χ0v) is 14.8. The molecule has 10 heteroatoms. The fourth-order valence-corrected chi connectivity index (χ4v) is 2.88. The summed E-state index contributed by atoms with van der Waals surface area (Å²) in [7, 11) is 0. The number of hydrogen-bond acceptors (Lipinski definition) is 6. The molecule has 0 saturated carbocycles. The molecule has 0 spiro atoms. The highest BCUT2D eigenvalue weighted by Gasteiger charge is 2.30. The van der Waals surface area contributed by atoms with Gasteiger partial charge in [-0.05, 0) is 32.0 Å². The lowest BCUT2D eigenvalue weighted by atomic mass is 10.1. The summed E-state index contributed by atoms with van der Waals surface area (Å²) in [5, 5.41) is 24.4. The van der Waals surface area contributed by atoms with Crippen LogP contribution in [0.3, 0.4) is 0 Å². The van der Waals surface area contributed by atoms with Crippen LogP contribution in [0.2, 0.25) is 0 Å². The first-order chi connectivity index (χ1) is 13.2. The smallest absolute Gasteiger partial charge is 0.296 e. The van der Waals surface area contributed by atoms with E-state index in [0.29, 0.717) is 16.8 Å². The number of nitro benzene ring substituents is 2. The highest BCUT2D eigenvalue weighted by molar-refractivity contribution is 6.51. The van der Waals surface area contributed by atoms with Crippen molar-refractivity contribution in [2.45, 2.75) is 13.8 Å². The van der Waals surface area contributed by atoms with Gasteiger partial charge in [-0.15, -0.1) is 0 Å². The Morgan fingerprint density at radius 2 is 1.50 bits per heavy atom. The van der Waals surface area contributed by atoms with Crippen molar-refractivity contribution in [1.29, 1.82) is 0 Å². The van der Waals surface area contributed by atoms with Crippen molar-refractivity contribution in [2.75, 3.05) is 5.32 Å². The van der Waals surface area contributed by atoms with Crippen LogP contribution in [0, 0.1) is 34.1 Å². The first kappa shape index (κ1) is 18.7. The third kappa shape index (κ3) is 3.30. The van der Waals surface area contributed by atoms with Gasteiger partial charge in [0.25, 0.3) is 23.1 Å². The summed E-state index contributed by atoms with van der Waals surface area (Å²) in [6.45, 7) is 3.28. The molecule has 2 N–H and O–H groups in total. The van der Waals surface area contributed by atoms with Gasteiger partial charge in [-0.25, -0.2) is 0 Å². The molecule has 3 aromatic rings. The van der Waals surface area contributed by atoms with Crippen LogP contribution >= 0.6 is 0 Å². The molecule has 4 rings (SSSR count). The van der Waals surface area contributed by atoms with E-state index in [9.17, 15) is 29.8 Å². The Hall–Kier alpha value is -4.08. The largest absolute Gasteiger partial charge is 0.361 e. The number of carbonyl (C=O) groups is 2. The molecule has 0 unspecified atom stereocenters. The lowest BCUT2D eigenvalue weighted by molar-refractivity contribution is -0.385. The average Bonchev–Trinajstić information content (AvgIpc) is 3.17. The first-order valence-electron chi connectivity index (χ1n) is 8.06. The molecule has 10 nitrogen and oxygen atoms in total. The molecule has 1 aliphatic rings. The van der Waals surface area contributed by atoms with Gasteiger partial charge >= 0.3 is 0 Å². The number of nitrogens with zero attached hydrogens (tertiary/aromatic N) is 2. The van der Waals surface area contributed by atoms with Crippen LogP contribution in [-0.4, -0.2) is 26.5 Å². The van der Waals surface area contributed by atoms with Gasteiger partial charge in [0.1, 0.15) is 0 Å². The number of aryl methyl sites for hydroxylation is 2. The standard InChI is InChI=1S/C9H6N2O4.C9H8N2O2/c1-4-2-6-5(3-7(4)11(14)15)8(12)9(13)10-6;1-6-4-8-7(2-3-10-8)5-9(6)11(12)13/h2-3H,1H3,(H,10,12,13);2-5,10H,1H3. The van der Waals surface area contributed by atoms with E-state index in [1.165, 1.54) is 6.07 Å². The number of carbonyl (C=O) groups excluding carboxylic acids is 2. The van der Waals surface area contributed by atoms with Crippen LogP contribution in [0.25, 0.3) is 10.9 Å². The Labute approximate surface area is 157 Å². The van der Waals surface area contributed by atoms with Crippen molar-refractivity contribution in [3.63, 3.8) is 0 Å². The summed E-state index contributed by atoms with van der Waals surface area (Å²) in [5.41, 5.74) is 2.45. The number of nitro groups is 2. The van der Waals surface area contributed by atoms with E-state index in [2.05, 4.69) is 10.3 Å². The minimum absolute atomic E-state index is 0.0669. The van der Waals surface area contributed by atoms with E-state index in [1.807, 2.05) is 6.07 Å². The molecule has 142 valence electrons. The topological polar surface area (TPSA) is 148 Å². The molecule has 0 saturated heterocycles. The molecule has 1 amide bonds. The summed E-state index contributed by atoms with van der Waals surface area (Å²) >= 11 is 0. The number of ketones is 1. The molecule has 28 heavy (non-hydrogen) atoms. The van der Waals surface area contributed by atoms with Gasteiger partial charge in [-0.3, -0.25) is 29.8 Å². The molecule has 0 radical (unpaired) electrons. The van der Waals surface area contributed by atoms with Crippen molar-refractivity contribution in [2.24, 2.45) is 0 Å². The van der Waals surface area contributed by atoms with Gasteiger partial charge in [0.15, 0.2) is 0 Å². The van der Waals surface area contributed by atoms with E-state index in [4.69, 9.17) is 0 Å². The van der Waals surface area contributed by atoms with Crippen LogP contribution in [-0.2, 0) is 4.79 Å². The molecule has 0 atom stereocenters. The van der Waals surface area contributed by atoms with Gasteiger partial charge in [0, 0.05) is 40.4 Å². The summed E-state index contributed by atoms with van der Waals surface area (Å²) in [6.07, 6.45) is 1.77. The summed E-state index contributed by atoms with van der Waals surface area (Å²) in [6, 6.07) is 7.75. The van der Waals surface area contributed by atoms with Crippen LogP contribution in [0.4, 0.5) is 17.1 Å². The van der Waals surface area contributed by atoms with E-state index in [1.54, 1.807) is 32.2 Å². The van der Waals surface area contributed by atoms with E-state index >= 15 is 0 Å². The summed E-state index contributed by atoms with van der Waals surface area (Å²) < 4.78 is 0. The van der Waals surface area contributed by atoms with E-state index < -0.39 is 16.6 Å². The number of nitrogens with one attached hydrogen (secondary N) is 2. The van der Waals surface area contributed by atoms with Gasteiger partial charge in [-0.1, -0.05) is 0 Å². The number of anilines is 1. The normalized spacial score (nSPS) is 12.2. The quantitative estimate of drug-likeness (QED) is 0.394. The molecular weight excluding hydrogens is 368 g/mol. The van der Waals surface area contributed by atoms with E-state index in [-0.39, 0.29) is 21.9 Å². The van der Waals surface area contributed by atoms with Crippen LogP contribution < -0.4 is 5.32 Å². The summed E-state index contributed by atoms with van der Waals surface area (Å²) in [4.78, 5) is 45.5. The lowest BCUT2D eigenvalue weighted by Crippen LogP contribution is -2.12. The average molecular weight is 382 g/mol. The number of hydrogen-bond donors (Lipinski definition) is 2. The highest BCUT2D eigenvalue weighted by Crippen LogP contribution is 2.30. The SMILES string of the molecule is Cc1cc2[nH]ccc2cc1[N+](=O)[O-].Cc1cc2c(cc1[N+](=O)[O-])C(=O)C(=O)N2. The van der Waals surface area contributed by atoms with Crippen LogP contribution in [0.5, 0.6) is 0 Å². The zero-order chi connectivity index (χ0) is 20.6. The van der Waals surface area contributed by atoms with Gasteiger partial charge in [0.2, 0.25) is 0 Å². The van der Waals surface area contributed by atoms with Crippen molar-refractivity contribution in [3.8, 4) is 0 Å². The molecule has 0 fully saturated rings. The number of amides is 1. The number of Topliss-reactive ketones (excluding diaryl/α,β-unsaturated/α-hetero) is 1. The summed E-state index contributed by atoms with van der Waals surface area (Å²) in [5.74, 6) is -1.47. The third-order valence-corrected chi connectivity index (χ3v) is 4.30. The van der Waals surface area contributed by atoms with Crippen molar-refractivity contribution >= 4 is 39.7 Å². The number of fused-ring (bicyclic) bond motifs is 2.